The lowest BCUT2D eigenvalue weighted by atomic mass is 10.2. The van der Waals surface area contributed by atoms with Crippen molar-refractivity contribution in [2.75, 3.05) is 38.3 Å². The Morgan fingerprint density at radius 3 is 2.35 bits per heavy atom. The van der Waals surface area contributed by atoms with Crippen LogP contribution in [0.5, 0.6) is 0 Å². The zero-order valence-corrected chi connectivity index (χ0v) is 13.0. The third-order valence-corrected chi connectivity index (χ3v) is 2.96. The van der Waals surface area contributed by atoms with Gasteiger partial charge in [0, 0.05) is 19.2 Å². The van der Waals surface area contributed by atoms with Gasteiger partial charge >= 0.3 is 0 Å². The Labute approximate surface area is 133 Å². The number of unbranched alkanes of at least 4 members (excludes halogenated alkanes) is 1. The Morgan fingerprint density at radius 1 is 1.04 bits per heavy atom. The number of nitro benzene ring substituents is 2. The molecule has 1 N–H and O–H groups in total. The monoisotopic (exact) mass is 327 g/mol. The van der Waals surface area contributed by atoms with Crippen molar-refractivity contribution in [2.45, 2.75) is 19.8 Å². The SMILES string of the molecule is CCCCOCCOCCNc1ccc([N+](=O)[O-])cc1[N+](=O)[O-]. The number of ether oxygens (including phenoxy) is 2. The second-order valence-corrected chi connectivity index (χ2v) is 4.72. The predicted molar refractivity (Wildman–Crippen MR) is 84.8 cm³/mol. The van der Waals surface area contributed by atoms with Crippen LogP contribution >= 0.6 is 0 Å². The van der Waals surface area contributed by atoms with Crippen LogP contribution in [0.2, 0.25) is 0 Å². The molecule has 0 fully saturated rings. The van der Waals surface area contributed by atoms with E-state index >= 15 is 0 Å². The number of nitrogens with zero attached hydrogens (tertiary/aromatic N) is 2. The summed E-state index contributed by atoms with van der Waals surface area (Å²) in [6.07, 6.45) is 2.10. The standard InChI is InChI=1S/C14H21N3O6/c1-2-3-7-22-9-10-23-8-6-15-13-5-4-12(16(18)19)11-14(13)17(20)21/h4-5,11,15H,2-3,6-10H2,1H3. The quantitative estimate of drug-likeness (QED) is 0.356. The van der Waals surface area contributed by atoms with Crippen molar-refractivity contribution in [3.8, 4) is 0 Å². The Bertz CT molecular complexity index is 523. The summed E-state index contributed by atoms with van der Waals surface area (Å²) in [7, 11) is 0. The molecule has 0 aromatic heterocycles. The molecule has 9 nitrogen and oxygen atoms in total. The number of nitrogens with one attached hydrogen (secondary N) is 1. The molecule has 128 valence electrons. The van der Waals surface area contributed by atoms with E-state index in [4.69, 9.17) is 9.47 Å². The molecule has 0 amide bonds. The van der Waals surface area contributed by atoms with Gasteiger partial charge in [0.25, 0.3) is 11.4 Å². The molecule has 0 aliphatic carbocycles. The highest BCUT2D eigenvalue weighted by molar-refractivity contribution is 5.65. The highest BCUT2D eigenvalue weighted by Crippen LogP contribution is 2.28. The molecule has 23 heavy (non-hydrogen) atoms. The largest absolute Gasteiger partial charge is 0.379 e. The lowest BCUT2D eigenvalue weighted by Gasteiger charge is -2.08. The van der Waals surface area contributed by atoms with Crippen LogP contribution in [0.4, 0.5) is 17.1 Å². The lowest BCUT2D eigenvalue weighted by molar-refractivity contribution is -0.393. The molecule has 0 heterocycles. The molecule has 0 aliphatic heterocycles. The predicted octanol–water partition coefficient (Wildman–Crippen LogP) is 2.75. The fourth-order valence-electron chi connectivity index (χ4n) is 1.76. The zero-order chi connectivity index (χ0) is 17.1. The highest BCUT2D eigenvalue weighted by Gasteiger charge is 2.18. The van der Waals surface area contributed by atoms with Gasteiger partial charge in [-0.1, -0.05) is 13.3 Å². The maximum Gasteiger partial charge on any atom is 0.299 e. The average Bonchev–Trinajstić information content (AvgIpc) is 2.53. The van der Waals surface area contributed by atoms with Gasteiger partial charge in [0.05, 0.1) is 35.7 Å². The summed E-state index contributed by atoms with van der Waals surface area (Å²) in [5, 5.41) is 24.4. The molecule has 1 aromatic carbocycles. The van der Waals surface area contributed by atoms with Crippen molar-refractivity contribution in [1.29, 1.82) is 0 Å². The molecule has 0 spiro atoms. The van der Waals surface area contributed by atoms with Crippen molar-refractivity contribution >= 4 is 17.1 Å². The Kier molecular flexibility index (Phi) is 8.55. The second kappa shape index (κ2) is 10.5. The Hall–Kier alpha value is -2.26. The molecule has 0 saturated heterocycles. The summed E-state index contributed by atoms with van der Waals surface area (Å²) in [5.41, 5.74) is -0.423. The minimum absolute atomic E-state index is 0.225. The van der Waals surface area contributed by atoms with E-state index in [1.807, 2.05) is 0 Å². The van der Waals surface area contributed by atoms with Crippen molar-refractivity contribution in [3.05, 3.63) is 38.4 Å². The minimum atomic E-state index is -0.668. The number of benzene rings is 1. The van der Waals surface area contributed by atoms with Gasteiger partial charge in [-0.25, -0.2) is 0 Å². The van der Waals surface area contributed by atoms with Crippen LogP contribution in [0.25, 0.3) is 0 Å². The number of rotatable bonds is 12. The molecule has 9 heteroatoms. The molecule has 1 aromatic rings. The molecule has 0 radical (unpaired) electrons. The summed E-state index contributed by atoms with van der Waals surface area (Å²) in [6, 6.07) is 3.48. The van der Waals surface area contributed by atoms with Gasteiger partial charge in [0.1, 0.15) is 5.69 Å². The summed E-state index contributed by atoms with van der Waals surface area (Å²) < 4.78 is 10.7. The maximum absolute atomic E-state index is 11.0. The number of nitro groups is 2. The van der Waals surface area contributed by atoms with Crippen molar-refractivity contribution in [2.24, 2.45) is 0 Å². The first-order valence-corrected chi connectivity index (χ1v) is 7.38. The maximum atomic E-state index is 11.0. The van der Waals surface area contributed by atoms with E-state index in [-0.39, 0.29) is 17.1 Å². The van der Waals surface area contributed by atoms with Crippen LogP contribution in [0.1, 0.15) is 19.8 Å². The third kappa shape index (κ3) is 7.02. The molecule has 0 unspecified atom stereocenters. The fraction of sp³-hybridized carbons (Fsp3) is 0.571. The number of anilines is 1. The lowest BCUT2D eigenvalue weighted by Crippen LogP contribution is -2.13. The van der Waals surface area contributed by atoms with E-state index < -0.39 is 9.85 Å². The first kappa shape index (κ1) is 18.8. The van der Waals surface area contributed by atoms with Crippen LogP contribution in [-0.4, -0.2) is 42.8 Å². The van der Waals surface area contributed by atoms with Crippen molar-refractivity contribution in [1.82, 2.24) is 0 Å². The van der Waals surface area contributed by atoms with E-state index in [2.05, 4.69) is 12.2 Å². The van der Waals surface area contributed by atoms with E-state index in [9.17, 15) is 20.2 Å². The van der Waals surface area contributed by atoms with Crippen LogP contribution in [0, 0.1) is 20.2 Å². The summed E-state index contributed by atoms with van der Waals surface area (Å²) in [6.45, 7) is 4.47. The Morgan fingerprint density at radius 2 is 1.74 bits per heavy atom. The van der Waals surface area contributed by atoms with Crippen molar-refractivity contribution < 1.29 is 19.3 Å². The first-order valence-electron chi connectivity index (χ1n) is 7.38. The smallest absolute Gasteiger partial charge is 0.299 e. The summed E-state index contributed by atoms with van der Waals surface area (Å²) in [5.74, 6) is 0. The van der Waals surface area contributed by atoms with Gasteiger partial charge in [-0.15, -0.1) is 0 Å². The summed E-state index contributed by atoms with van der Waals surface area (Å²) >= 11 is 0. The third-order valence-electron chi connectivity index (χ3n) is 2.96. The van der Waals surface area contributed by atoms with Gasteiger partial charge in [0.15, 0.2) is 0 Å². The highest BCUT2D eigenvalue weighted by atomic mass is 16.6. The first-order chi connectivity index (χ1) is 11.1. The normalized spacial score (nSPS) is 10.5. The number of hydrogen-bond acceptors (Lipinski definition) is 7. The fourth-order valence-corrected chi connectivity index (χ4v) is 1.76. The van der Waals surface area contributed by atoms with E-state index in [1.54, 1.807) is 0 Å². The minimum Gasteiger partial charge on any atom is -0.379 e. The molecule has 0 aliphatic rings. The van der Waals surface area contributed by atoms with Crippen molar-refractivity contribution in [3.63, 3.8) is 0 Å². The molecule has 0 atom stereocenters. The van der Waals surface area contributed by atoms with Crippen LogP contribution in [0.3, 0.4) is 0 Å². The topological polar surface area (TPSA) is 117 Å². The van der Waals surface area contributed by atoms with Gasteiger partial charge < -0.3 is 14.8 Å². The molecule has 0 bridgehead atoms. The average molecular weight is 327 g/mol. The molecule has 1 rings (SSSR count). The van der Waals surface area contributed by atoms with Gasteiger partial charge in [-0.05, 0) is 12.5 Å². The number of hydrogen-bond donors (Lipinski definition) is 1. The van der Waals surface area contributed by atoms with E-state index in [0.717, 1.165) is 18.9 Å². The number of non-ortho nitro benzene ring substituents is 1. The van der Waals surface area contributed by atoms with Gasteiger partial charge in [-0.3, -0.25) is 20.2 Å². The molecule has 0 saturated carbocycles. The zero-order valence-electron chi connectivity index (χ0n) is 13.0. The molecular weight excluding hydrogens is 306 g/mol. The van der Waals surface area contributed by atoms with E-state index in [0.29, 0.717) is 33.0 Å². The second-order valence-electron chi connectivity index (χ2n) is 4.72. The van der Waals surface area contributed by atoms with Gasteiger partial charge in [0.2, 0.25) is 0 Å². The van der Waals surface area contributed by atoms with Gasteiger partial charge in [-0.2, -0.15) is 0 Å². The molecular formula is C14H21N3O6. The Balaban J connectivity index is 2.34. The van der Waals surface area contributed by atoms with Crippen LogP contribution in [0.15, 0.2) is 18.2 Å². The van der Waals surface area contributed by atoms with Crippen LogP contribution < -0.4 is 5.32 Å². The van der Waals surface area contributed by atoms with E-state index in [1.165, 1.54) is 12.1 Å². The summed E-state index contributed by atoms with van der Waals surface area (Å²) in [4.78, 5) is 20.3. The van der Waals surface area contributed by atoms with Crippen LogP contribution in [-0.2, 0) is 9.47 Å².